The van der Waals surface area contributed by atoms with Crippen LogP contribution in [0.2, 0.25) is 0 Å². The molecule has 7 nitrogen and oxygen atoms in total. The van der Waals surface area contributed by atoms with Crippen molar-refractivity contribution in [3.8, 4) is 0 Å². The number of rotatable bonds is 7. The van der Waals surface area contributed by atoms with Gasteiger partial charge in [-0.25, -0.2) is 8.42 Å². The second-order valence-electron chi connectivity index (χ2n) is 6.16. The second kappa shape index (κ2) is 8.93. The van der Waals surface area contributed by atoms with Crippen LogP contribution < -0.4 is 10.0 Å². The minimum atomic E-state index is -3.86. The number of nitrogens with one attached hydrogen (secondary N) is 2. The molecule has 0 bridgehead atoms. The van der Waals surface area contributed by atoms with Crippen molar-refractivity contribution in [2.24, 2.45) is 0 Å². The van der Waals surface area contributed by atoms with E-state index in [4.69, 9.17) is 0 Å². The van der Waals surface area contributed by atoms with E-state index in [2.05, 4.69) is 20.2 Å². The van der Waals surface area contributed by atoms with Gasteiger partial charge in [-0.3, -0.25) is 14.8 Å². The summed E-state index contributed by atoms with van der Waals surface area (Å²) in [5, 5.41) is 11.0. The molecule has 152 valence electrons. The lowest BCUT2D eigenvalue weighted by Crippen LogP contribution is -2.17. The number of anilines is 2. The number of carbonyl (C=O) groups excluding carboxylic acids is 1. The van der Waals surface area contributed by atoms with E-state index in [1.807, 2.05) is 26.0 Å². The Morgan fingerprint density at radius 1 is 1.10 bits per heavy atom. The van der Waals surface area contributed by atoms with Crippen LogP contribution in [0, 0.1) is 13.8 Å². The maximum Gasteiger partial charge on any atom is 0.262 e. The number of hydrogen-bond donors (Lipinski definition) is 2. The Balaban J connectivity index is 1.85. The van der Waals surface area contributed by atoms with Gasteiger partial charge in [-0.1, -0.05) is 54.3 Å². The first-order valence-corrected chi connectivity index (χ1v) is 12.1. The highest BCUT2D eigenvalue weighted by atomic mass is 32.2. The molecule has 0 unspecified atom stereocenters. The number of benzene rings is 2. The van der Waals surface area contributed by atoms with Gasteiger partial charge in [0.05, 0.1) is 10.6 Å². The molecule has 0 aliphatic carbocycles. The Kier molecular flexibility index (Phi) is 6.56. The molecule has 10 heteroatoms. The average Bonchev–Trinajstić information content (AvgIpc) is 3.11. The zero-order chi connectivity index (χ0) is 21.0. The number of aromatic nitrogens is 2. The molecule has 1 aromatic heterocycles. The number of hydrogen-bond acceptors (Lipinski definition) is 7. The van der Waals surface area contributed by atoms with E-state index in [0.717, 1.165) is 15.7 Å². The summed E-state index contributed by atoms with van der Waals surface area (Å²) >= 11 is 2.81. The Morgan fingerprint density at radius 2 is 1.86 bits per heavy atom. The molecule has 0 radical (unpaired) electrons. The highest BCUT2D eigenvalue weighted by Crippen LogP contribution is 2.26. The Labute approximate surface area is 178 Å². The van der Waals surface area contributed by atoms with Crippen molar-refractivity contribution in [2.75, 3.05) is 15.8 Å². The summed E-state index contributed by atoms with van der Waals surface area (Å²) in [5.41, 5.74) is 2.07. The van der Waals surface area contributed by atoms with E-state index in [-0.39, 0.29) is 10.5 Å². The van der Waals surface area contributed by atoms with Gasteiger partial charge in [0.25, 0.3) is 15.9 Å². The van der Waals surface area contributed by atoms with Gasteiger partial charge in [0.1, 0.15) is 0 Å². The second-order valence-corrected chi connectivity index (χ2v) is 10.3. The van der Waals surface area contributed by atoms with Crippen LogP contribution in [-0.2, 0) is 10.0 Å². The van der Waals surface area contributed by atoms with Crippen LogP contribution in [0.25, 0.3) is 0 Å². The van der Waals surface area contributed by atoms with Crippen LogP contribution in [0.1, 0.15) is 28.4 Å². The quantitative estimate of drug-likeness (QED) is 0.412. The highest BCUT2D eigenvalue weighted by Gasteiger charge is 2.20. The van der Waals surface area contributed by atoms with Gasteiger partial charge < -0.3 is 0 Å². The van der Waals surface area contributed by atoms with Gasteiger partial charge in [0.2, 0.25) is 5.13 Å². The van der Waals surface area contributed by atoms with Gasteiger partial charge in [0, 0.05) is 5.56 Å². The van der Waals surface area contributed by atoms with Gasteiger partial charge >= 0.3 is 0 Å². The fourth-order valence-corrected chi connectivity index (χ4v) is 5.58. The van der Waals surface area contributed by atoms with Crippen molar-refractivity contribution in [3.63, 3.8) is 0 Å². The largest absolute Gasteiger partial charge is 0.296 e. The number of thioether (sulfide) groups is 1. The van der Waals surface area contributed by atoms with E-state index in [1.54, 1.807) is 31.2 Å². The van der Waals surface area contributed by atoms with E-state index >= 15 is 0 Å². The summed E-state index contributed by atoms with van der Waals surface area (Å²) in [6.45, 7) is 5.51. The lowest BCUT2D eigenvalue weighted by Gasteiger charge is -2.13. The third-order valence-corrected chi connectivity index (χ3v) is 7.39. The number of amides is 1. The van der Waals surface area contributed by atoms with E-state index in [1.165, 1.54) is 29.2 Å². The van der Waals surface area contributed by atoms with Gasteiger partial charge in [-0.15, -0.1) is 10.2 Å². The third-order valence-electron chi connectivity index (χ3n) is 4.02. The predicted molar refractivity (Wildman–Crippen MR) is 117 cm³/mol. The van der Waals surface area contributed by atoms with Crippen molar-refractivity contribution in [1.29, 1.82) is 0 Å². The summed E-state index contributed by atoms with van der Waals surface area (Å²) in [5.74, 6) is 0.414. The maximum absolute atomic E-state index is 12.9. The van der Waals surface area contributed by atoms with Crippen LogP contribution in [0.15, 0.2) is 51.7 Å². The topological polar surface area (TPSA) is 101 Å². The van der Waals surface area contributed by atoms with Crippen molar-refractivity contribution >= 4 is 49.8 Å². The van der Waals surface area contributed by atoms with Gasteiger partial charge in [-0.05, 0) is 48.9 Å². The lowest BCUT2D eigenvalue weighted by atomic mass is 10.1. The zero-order valence-electron chi connectivity index (χ0n) is 16.1. The normalized spacial score (nSPS) is 11.3. The summed E-state index contributed by atoms with van der Waals surface area (Å²) in [6, 6.07) is 11.7. The molecule has 0 atom stereocenters. The Bertz CT molecular complexity index is 1140. The van der Waals surface area contributed by atoms with E-state index in [9.17, 15) is 13.2 Å². The standard InChI is InChI=1S/C19H20N4O3S3/c1-4-27-19-22-21-18(28-19)20-17(24)14-10-9-13(3)16(11-14)29(25,26)23-15-8-6-5-7-12(15)2/h5-11,23H,4H2,1-3H3,(H,20,21,24). The summed E-state index contributed by atoms with van der Waals surface area (Å²) in [6.07, 6.45) is 0. The van der Waals surface area contributed by atoms with Crippen LogP contribution in [0.3, 0.4) is 0 Å². The first-order valence-electron chi connectivity index (χ1n) is 8.77. The van der Waals surface area contributed by atoms with Crippen molar-refractivity contribution in [2.45, 2.75) is 30.0 Å². The van der Waals surface area contributed by atoms with E-state index < -0.39 is 15.9 Å². The number of para-hydroxylation sites is 1. The molecular formula is C19H20N4O3S3. The zero-order valence-corrected chi connectivity index (χ0v) is 18.5. The Morgan fingerprint density at radius 3 is 2.59 bits per heavy atom. The third kappa shape index (κ3) is 5.14. The van der Waals surface area contributed by atoms with Crippen molar-refractivity contribution < 1.29 is 13.2 Å². The van der Waals surface area contributed by atoms with Gasteiger partial charge in [0.15, 0.2) is 4.34 Å². The predicted octanol–water partition coefficient (Wildman–Crippen LogP) is 4.32. The summed E-state index contributed by atoms with van der Waals surface area (Å²) < 4.78 is 29.2. The molecule has 0 aliphatic rings. The van der Waals surface area contributed by atoms with Crippen LogP contribution in [0.4, 0.5) is 10.8 Å². The van der Waals surface area contributed by atoms with Crippen molar-refractivity contribution in [3.05, 3.63) is 59.2 Å². The molecule has 2 N–H and O–H groups in total. The average molecular weight is 449 g/mol. The molecule has 0 aliphatic heterocycles. The molecule has 3 aromatic rings. The molecule has 3 rings (SSSR count). The highest BCUT2D eigenvalue weighted by molar-refractivity contribution is 8.01. The molecule has 0 fully saturated rings. The molecule has 0 spiro atoms. The maximum atomic E-state index is 12.9. The minimum Gasteiger partial charge on any atom is -0.296 e. The smallest absolute Gasteiger partial charge is 0.262 e. The number of aryl methyl sites for hydroxylation is 2. The summed E-state index contributed by atoms with van der Waals surface area (Å²) in [4.78, 5) is 12.6. The molecular weight excluding hydrogens is 428 g/mol. The van der Waals surface area contributed by atoms with E-state index in [0.29, 0.717) is 16.4 Å². The first-order chi connectivity index (χ1) is 13.8. The summed E-state index contributed by atoms with van der Waals surface area (Å²) in [7, 11) is -3.86. The van der Waals surface area contributed by atoms with Crippen LogP contribution in [-0.4, -0.2) is 30.3 Å². The monoisotopic (exact) mass is 448 g/mol. The molecule has 1 heterocycles. The number of carbonyl (C=O) groups is 1. The van der Waals surface area contributed by atoms with Crippen LogP contribution >= 0.6 is 23.1 Å². The molecule has 0 saturated heterocycles. The SMILES string of the molecule is CCSc1nnc(NC(=O)c2ccc(C)c(S(=O)(=O)Nc3ccccc3C)c2)s1. The lowest BCUT2D eigenvalue weighted by molar-refractivity contribution is 0.102. The number of nitrogens with zero attached hydrogens (tertiary/aromatic N) is 2. The molecule has 1 amide bonds. The fourth-order valence-electron chi connectivity index (χ4n) is 2.53. The minimum absolute atomic E-state index is 0.0490. The fraction of sp³-hybridized carbons (Fsp3) is 0.211. The van der Waals surface area contributed by atoms with Crippen molar-refractivity contribution in [1.82, 2.24) is 10.2 Å². The molecule has 2 aromatic carbocycles. The molecule has 29 heavy (non-hydrogen) atoms. The Hall–Kier alpha value is -2.43. The van der Waals surface area contributed by atoms with Crippen LogP contribution in [0.5, 0.6) is 0 Å². The number of sulfonamides is 1. The first kappa shape index (κ1) is 21.3. The molecule has 0 saturated carbocycles. The van der Waals surface area contributed by atoms with Gasteiger partial charge in [-0.2, -0.15) is 0 Å².